The van der Waals surface area contributed by atoms with Crippen LogP contribution in [0, 0.1) is 0 Å². The van der Waals surface area contributed by atoms with E-state index in [-0.39, 0.29) is 0 Å². The smallest absolute Gasteiger partial charge is 0.0816 e. The maximum absolute atomic E-state index is 4.80. The highest BCUT2D eigenvalue weighted by Gasteiger charge is 2.16. The van der Waals surface area contributed by atoms with Crippen LogP contribution in [0.2, 0.25) is 0 Å². The second kappa shape index (κ2) is 5.16. The molecule has 3 heteroatoms. The lowest BCUT2D eigenvalue weighted by molar-refractivity contribution is 1.17. The summed E-state index contributed by atoms with van der Waals surface area (Å²) in [5, 5.41) is 3.75. The fourth-order valence-corrected chi connectivity index (χ4v) is 5.11. The van der Waals surface area contributed by atoms with Gasteiger partial charge in [-0.15, -0.1) is 11.3 Å². The Morgan fingerprint density at radius 1 is 0.654 bits per heavy atom. The molecule has 0 fully saturated rings. The summed E-state index contributed by atoms with van der Waals surface area (Å²) in [6.45, 7) is 0. The molecule has 0 atom stereocenters. The normalized spacial score (nSPS) is 11.8. The SMILES string of the molecule is c1ccc(-n2c3ccccc3c3nccc4sc5cccc2c5c43)cc1. The minimum atomic E-state index is 1.08. The molecular formula is C23H14N2S. The predicted octanol–water partition coefficient (Wildman–Crippen LogP) is 6.55. The van der Waals surface area contributed by atoms with Crippen molar-refractivity contribution in [2.45, 2.75) is 0 Å². The third kappa shape index (κ3) is 1.78. The second-order valence-corrected chi connectivity index (χ2v) is 7.56. The Bertz CT molecular complexity index is 1420. The number of hydrogen-bond acceptors (Lipinski definition) is 2. The molecule has 6 rings (SSSR count). The average Bonchev–Trinajstić information content (AvgIpc) is 3.03. The van der Waals surface area contributed by atoms with Crippen LogP contribution < -0.4 is 0 Å². The van der Waals surface area contributed by atoms with Crippen molar-refractivity contribution in [1.29, 1.82) is 0 Å². The molecule has 0 saturated heterocycles. The third-order valence-electron chi connectivity index (χ3n) is 5.04. The molecule has 0 aliphatic rings. The first-order valence-corrected chi connectivity index (χ1v) is 9.48. The summed E-state index contributed by atoms with van der Waals surface area (Å²) in [6, 6.07) is 27.9. The lowest BCUT2D eigenvalue weighted by Crippen LogP contribution is -1.96. The van der Waals surface area contributed by atoms with Gasteiger partial charge in [0.15, 0.2) is 0 Å². The maximum atomic E-state index is 4.80. The molecule has 0 aliphatic heterocycles. The Balaban J connectivity index is 2.05. The number of thiophene rings is 1. The van der Waals surface area contributed by atoms with E-state index in [1.165, 1.54) is 42.3 Å². The molecule has 0 saturated carbocycles. The van der Waals surface area contributed by atoms with E-state index >= 15 is 0 Å². The fraction of sp³-hybridized carbons (Fsp3) is 0. The molecule has 0 radical (unpaired) electrons. The van der Waals surface area contributed by atoms with E-state index in [9.17, 15) is 0 Å². The van der Waals surface area contributed by atoms with Gasteiger partial charge < -0.3 is 4.57 Å². The van der Waals surface area contributed by atoms with Crippen molar-refractivity contribution < 1.29 is 0 Å². The van der Waals surface area contributed by atoms with Crippen LogP contribution in [-0.4, -0.2) is 9.55 Å². The number of para-hydroxylation sites is 2. The molecule has 3 heterocycles. The summed E-state index contributed by atoms with van der Waals surface area (Å²) in [4.78, 5) is 4.80. The third-order valence-corrected chi connectivity index (χ3v) is 6.16. The molecule has 2 nitrogen and oxygen atoms in total. The Morgan fingerprint density at radius 3 is 2.35 bits per heavy atom. The molecule has 0 bridgehead atoms. The number of fused-ring (bicyclic) bond motifs is 2. The van der Waals surface area contributed by atoms with Gasteiger partial charge in [-0.25, -0.2) is 0 Å². The topological polar surface area (TPSA) is 17.8 Å². The van der Waals surface area contributed by atoms with Crippen LogP contribution >= 0.6 is 11.3 Å². The number of pyridine rings is 1. The highest BCUT2D eigenvalue weighted by molar-refractivity contribution is 7.26. The van der Waals surface area contributed by atoms with E-state index in [1.807, 2.05) is 17.5 Å². The second-order valence-electron chi connectivity index (χ2n) is 6.47. The van der Waals surface area contributed by atoms with Crippen molar-refractivity contribution in [3.63, 3.8) is 0 Å². The van der Waals surface area contributed by atoms with Gasteiger partial charge in [0.1, 0.15) is 0 Å². The molecule has 122 valence electrons. The Hall–Kier alpha value is -3.17. The lowest BCUT2D eigenvalue weighted by atomic mass is 10.1. The van der Waals surface area contributed by atoms with Crippen LogP contribution in [0.4, 0.5) is 0 Å². The first-order chi connectivity index (χ1) is 12.9. The van der Waals surface area contributed by atoms with Crippen molar-refractivity contribution in [3.05, 3.63) is 85.1 Å². The number of hydrogen-bond donors (Lipinski definition) is 0. The van der Waals surface area contributed by atoms with Gasteiger partial charge in [-0.2, -0.15) is 0 Å². The van der Waals surface area contributed by atoms with Gasteiger partial charge in [-0.3, -0.25) is 4.98 Å². The van der Waals surface area contributed by atoms with E-state index < -0.39 is 0 Å². The molecule has 0 aliphatic carbocycles. The van der Waals surface area contributed by atoms with Gasteiger partial charge >= 0.3 is 0 Å². The quantitative estimate of drug-likeness (QED) is 0.329. The highest BCUT2D eigenvalue weighted by atomic mass is 32.1. The zero-order valence-electron chi connectivity index (χ0n) is 13.9. The summed E-state index contributed by atoms with van der Waals surface area (Å²) in [6.07, 6.45) is 1.93. The Labute approximate surface area is 153 Å². The molecule has 0 unspecified atom stereocenters. The summed E-state index contributed by atoms with van der Waals surface area (Å²) >= 11 is 1.84. The molecular weight excluding hydrogens is 336 g/mol. The van der Waals surface area contributed by atoms with Crippen molar-refractivity contribution in [2.24, 2.45) is 0 Å². The minimum absolute atomic E-state index is 1.08. The van der Waals surface area contributed by atoms with Gasteiger partial charge in [0.25, 0.3) is 0 Å². The number of aromatic nitrogens is 2. The van der Waals surface area contributed by atoms with Gasteiger partial charge in [0.05, 0.1) is 16.6 Å². The van der Waals surface area contributed by atoms with E-state index in [1.54, 1.807) is 0 Å². The minimum Gasteiger partial charge on any atom is -0.309 e. The zero-order valence-corrected chi connectivity index (χ0v) is 14.7. The average molecular weight is 350 g/mol. The first kappa shape index (κ1) is 14.0. The highest BCUT2D eigenvalue weighted by Crippen LogP contribution is 2.41. The monoisotopic (exact) mass is 350 g/mol. The molecule has 3 aromatic carbocycles. The molecule has 0 amide bonds. The number of nitrogens with zero attached hydrogens (tertiary/aromatic N) is 2. The van der Waals surface area contributed by atoms with Gasteiger partial charge in [-0.1, -0.05) is 42.5 Å². The van der Waals surface area contributed by atoms with Crippen molar-refractivity contribution >= 4 is 53.4 Å². The summed E-state index contributed by atoms with van der Waals surface area (Å²) < 4.78 is 4.97. The van der Waals surface area contributed by atoms with Crippen LogP contribution in [0.25, 0.3) is 47.8 Å². The Kier molecular flexibility index (Phi) is 2.79. The van der Waals surface area contributed by atoms with E-state index in [2.05, 4.69) is 83.4 Å². The van der Waals surface area contributed by atoms with Crippen LogP contribution in [0.3, 0.4) is 0 Å². The van der Waals surface area contributed by atoms with E-state index in [0.717, 1.165) is 5.52 Å². The van der Waals surface area contributed by atoms with Crippen LogP contribution in [0.5, 0.6) is 0 Å². The molecule has 0 N–H and O–H groups in total. The van der Waals surface area contributed by atoms with Gasteiger partial charge in [-0.05, 0) is 36.4 Å². The molecule has 3 aromatic heterocycles. The van der Waals surface area contributed by atoms with Gasteiger partial charge in [0, 0.05) is 37.4 Å². The standard InChI is InChI=1S/C23H14N2S/c1-2-7-15(8-3-1)25-17-10-5-4-9-16(17)23-22-20(13-14-24-23)26-19-12-6-11-18(25)21(19)22/h1-14H. The largest absolute Gasteiger partial charge is 0.309 e. The fourth-order valence-electron chi connectivity index (χ4n) is 3.99. The van der Waals surface area contributed by atoms with Gasteiger partial charge in [0.2, 0.25) is 0 Å². The summed E-state index contributed by atoms with van der Waals surface area (Å²) in [7, 11) is 0. The zero-order chi connectivity index (χ0) is 17.1. The van der Waals surface area contributed by atoms with Crippen LogP contribution in [0.15, 0.2) is 85.1 Å². The lowest BCUT2D eigenvalue weighted by Gasteiger charge is -2.11. The number of rotatable bonds is 1. The van der Waals surface area contributed by atoms with Crippen molar-refractivity contribution in [2.75, 3.05) is 0 Å². The van der Waals surface area contributed by atoms with E-state index in [4.69, 9.17) is 4.98 Å². The maximum Gasteiger partial charge on any atom is 0.0816 e. The van der Waals surface area contributed by atoms with Crippen molar-refractivity contribution in [3.8, 4) is 5.69 Å². The Morgan fingerprint density at radius 2 is 1.42 bits per heavy atom. The van der Waals surface area contributed by atoms with Crippen molar-refractivity contribution in [1.82, 2.24) is 9.55 Å². The first-order valence-electron chi connectivity index (χ1n) is 8.66. The van der Waals surface area contributed by atoms with E-state index in [0.29, 0.717) is 0 Å². The molecule has 0 spiro atoms. The predicted molar refractivity (Wildman–Crippen MR) is 111 cm³/mol. The number of benzene rings is 3. The van der Waals surface area contributed by atoms with Crippen LogP contribution in [0.1, 0.15) is 0 Å². The molecule has 6 aromatic rings. The molecule has 26 heavy (non-hydrogen) atoms. The summed E-state index contributed by atoms with van der Waals surface area (Å²) in [5.41, 5.74) is 4.64. The van der Waals surface area contributed by atoms with Crippen LogP contribution in [-0.2, 0) is 0 Å². The summed E-state index contributed by atoms with van der Waals surface area (Å²) in [5.74, 6) is 0.